The molecule has 0 saturated heterocycles. The molecule has 1 aromatic rings. The third-order valence-electron chi connectivity index (χ3n) is 1.70. The summed E-state index contributed by atoms with van der Waals surface area (Å²) < 4.78 is 0. The molecule has 5 heteroatoms. The molecule has 0 heterocycles. The molecule has 0 fully saturated rings. The highest BCUT2D eigenvalue weighted by Crippen LogP contribution is 2.14. The van der Waals surface area contributed by atoms with Crippen LogP contribution in [-0.2, 0) is 0 Å². The van der Waals surface area contributed by atoms with E-state index in [-0.39, 0.29) is 22.6 Å². The number of aromatic hydroxyl groups is 1. The maximum absolute atomic E-state index is 10.9. The molecule has 1 rings (SSSR count). The lowest BCUT2D eigenvalue weighted by molar-refractivity contribution is 0.101. The van der Waals surface area contributed by atoms with Gasteiger partial charge in [-0.1, -0.05) is 6.07 Å². The number of rotatable bonds is 2. The van der Waals surface area contributed by atoms with Gasteiger partial charge in [0.2, 0.25) is 0 Å². The van der Waals surface area contributed by atoms with Gasteiger partial charge in [0.25, 0.3) is 0 Å². The summed E-state index contributed by atoms with van der Waals surface area (Å²) in [5, 5.41) is 26.8. The van der Waals surface area contributed by atoms with Crippen molar-refractivity contribution in [1.82, 2.24) is 0 Å². The largest absolute Gasteiger partial charge is 0.507 e. The minimum atomic E-state index is -1.63. The lowest BCUT2D eigenvalue weighted by atomic mass is 9.79. The van der Waals surface area contributed by atoms with Crippen LogP contribution >= 0.6 is 0 Å². The van der Waals surface area contributed by atoms with Gasteiger partial charge in [-0.25, -0.2) is 0 Å². The molecule has 0 aliphatic rings. The summed E-state index contributed by atoms with van der Waals surface area (Å²) in [4.78, 5) is 10.9. The highest BCUT2D eigenvalue weighted by Gasteiger charge is 2.14. The molecule has 0 radical (unpaired) electrons. The fourth-order valence-electron chi connectivity index (χ4n) is 0.996. The summed E-state index contributed by atoms with van der Waals surface area (Å²) in [6, 6.07) is 3.85. The van der Waals surface area contributed by atoms with Crippen LogP contribution in [0.3, 0.4) is 0 Å². The molecule has 3 N–H and O–H groups in total. The van der Waals surface area contributed by atoms with E-state index in [2.05, 4.69) is 0 Å². The number of benzene rings is 1. The Bertz CT molecular complexity index is 335. The predicted molar refractivity (Wildman–Crippen MR) is 47.9 cm³/mol. The molecular formula is C8H9BO4. The summed E-state index contributed by atoms with van der Waals surface area (Å²) in [5.41, 5.74) is 0.272. The summed E-state index contributed by atoms with van der Waals surface area (Å²) in [7, 11) is -1.63. The quantitative estimate of drug-likeness (QED) is 0.414. The molecule has 0 saturated carbocycles. The first-order chi connectivity index (χ1) is 6.02. The van der Waals surface area contributed by atoms with E-state index in [1.165, 1.54) is 25.1 Å². The third kappa shape index (κ3) is 2.08. The van der Waals surface area contributed by atoms with Gasteiger partial charge >= 0.3 is 7.12 Å². The monoisotopic (exact) mass is 180 g/mol. The molecule has 0 aliphatic heterocycles. The molecule has 0 bridgehead atoms. The van der Waals surface area contributed by atoms with E-state index in [4.69, 9.17) is 10.0 Å². The number of ketones is 1. The second-order valence-corrected chi connectivity index (χ2v) is 2.71. The first-order valence-corrected chi connectivity index (χ1v) is 3.72. The molecule has 0 atom stereocenters. The zero-order chi connectivity index (χ0) is 10.0. The number of carbonyl (C=O) groups excluding carboxylic acids is 1. The molecule has 1 aromatic carbocycles. The van der Waals surface area contributed by atoms with Gasteiger partial charge in [0.05, 0.1) is 5.56 Å². The van der Waals surface area contributed by atoms with Crippen LogP contribution in [0.25, 0.3) is 0 Å². The van der Waals surface area contributed by atoms with Crippen LogP contribution in [-0.4, -0.2) is 28.1 Å². The Hall–Kier alpha value is -1.33. The Morgan fingerprint density at radius 3 is 2.46 bits per heavy atom. The van der Waals surface area contributed by atoms with Crippen LogP contribution in [0.4, 0.5) is 0 Å². The minimum Gasteiger partial charge on any atom is -0.507 e. The van der Waals surface area contributed by atoms with Gasteiger partial charge in [0, 0.05) is 0 Å². The van der Waals surface area contributed by atoms with Crippen molar-refractivity contribution in [3.63, 3.8) is 0 Å². The number of carbonyl (C=O) groups is 1. The Kier molecular flexibility index (Phi) is 2.70. The molecule has 0 spiro atoms. The van der Waals surface area contributed by atoms with E-state index in [0.717, 1.165) is 0 Å². The molecule has 0 amide bonds. The van der Waals surface area contributed by atoms with Crippen LogP contribution in [0.15, 0.2) is 18.2 Å². The number of phenolic OH excluding ortho intramolecular Hbond substituents is 1. The van der Waals surface area contributed by atoms with Crippen molar-refractivity contribution in [2.45, 2.75) is 6.92 Å². The lowest BCUT2D eigenvalue weighted by Crippen LogP contribution is -2.30. The van der Waals surface area contributed by atoms with Gasteiger partial charge in [-0.3, -0.25) is 4.79 Å². The molecule has 0 unspecified atom stereocenters. The summed E-state index contributed by atoms with van der Waals surface area (Å²) >= 11 is 0. The molecule has 13 heavy (non-hydrogen) atoms. The predicted octanol–water partition coefficient (Wildman–Crippen LogP) is -0.725. The second kappa shape index (κ2) is 3.59. The SMILES string of the molecule is CC(=O)c1cc(B(O)O)ccc1O. The van der Waals surface area contributed by atoms with E-state index in [0.29, 0.717) is 0 Å². The van der Waals surface area contributed by atoms with Crippen molar-refractivity contribution >= 4 is 18.4 Å². The van der Waals surface area contributed by atoms with Crippen molar-refractivity contribution < 1.29 is 19.9 Å². The van der Waals surface area contributed by atoms with Gasteiger partial charge in [-0.2, -0.15) is 0 Å². The molecular weight excluding hydrogens is 171 g/mol. The van der Waals surface area contributed by atoms with Crippen molar-refractivity contribution in [3.8, 4) is 5.75 Å². The smallest absolute Gasteiger partial charge is 0.488 e. The average Bonchev–Trinajstić information content (AvgIpc) is 2.04. The first-order valence-electron chi connectivity index (χ1n) is 3.72. The van der Waals surface area contributed by atoms with Gasteiger partial charge in [0.1, 0.15) is 5.75 Å². The number of hydrogen-bond donors (Lipinski definition) is 3. The van der Waals surface area contributed by atoms with E-state index in [9.17, 15) is 9.90 Å². The second-order valence-electron chi connectivity index (χ2n) is 2.71. The van der Waals surface area contributed by atoms with E-state index in [1.54, 1.807) is 0 Å². The number of Topliss-reactive ketones (excluding diaryl/α,β-unsaturated/α-hetero) is 1. The van der Waals surface area contributed by atoms with E-state index >= 15 is 0 Å². The maximum atomic E-state index is 10.9. The molecule has 4 nitrogen and oxygen atoms in total. The van der Waals surface area contributed by atoms with Crippen LogP contribution in [0.1, 0.15) is 17.3 Å². The summed E-state index contributed by atoms with van der Waals surface area (Å²) in [5.74, 6) is -0.475. The summed E-state index contributed by atoms with van der Waals surface area (Å²) in [6.07, 6.45) is 0. The van der Waals surface area contributed by atoms with Gasteiger partial charge in [0.15, 0.2) is 5.78 Å². The highest BCUT2D eigenvalue weighted by atomic mass is 16.4. The van der Waals surface area contributed by atoms with Crippen molar-refractivity contribution in [1.29, 1.82) is 0 Å². The fourth-order valence-corrected chi connectivity index (χ4v) is 0.996. The van der Waals surface area contributed by atoms with Crippen molar-refractivity contribution in [2.75, 3.05) is 0 Å². The Balaban J connectivity index is 3.19. The number of phenols is 1. The number of hydrogen-bond acceptors (Lipinski definition) is 4. The molecule has 0 aliphatic carbocycles. The Labute approximate surface area is 75.6 Å². The van der Waals surface area contributed by atoms with Crippen LogP contribution in [0, 0.1) is 0 Å². The van der Waals surface area contributed by atoms with E-state index < -0.39 is 7.12 Å². The van der Waals surface area contributed by atoms with Crippen LogP contribution < -0.4 is 5.46 Å². The normalized spacial score (nSPS) is 9.77. The topological polar surface area (TPSA) is 77.8 Å². The zero-order valence-electron chi connectivity index (χ0n) is 7.06. The average molecular weight is 180 g/mol. The minimum absolute atomic E-state index is 0.0885. The van der Waals surface area contributed by atoms with Crippen molar-refractivity contribution in [2.24, 2.45) is 0 Å². The van der Waals surface area contributed by atoms with Gasteiger partial charge in [-0.05, 0) is 24.5 Å². The van der Waals surface area contributed by atoms with Crippen molar-refractivity contribution in [3.05, 3.63) is 23.8 Å². The van der Waals surface area contributed by atoms with Gasteiger partial charge < -0.3 is 15.2 Å². The standard InChI is InChI=1S/C8H9BO4/c1-5(10)7-4-6(9(12)13)2-3-8(7)11/h2-4,11-13H,1H3. The lowest BCUT2D eigenvalue weighted by Gasteiger charge is -2.03. The molecule has 0 aromatic heterocycles. The fraction of sp³-hybridized carbons (Fsp3) is 0.125. The van der Waals surface area contributed by atoms with Gasteiger partial charge in [-0.15, -0.1) is 0 Å². The first kappa shape index (κ1) is 9.76. The van der Waals surface area contributed by atoms with Crippen LogP contribution in [0.5, 0.6) is 5.75 Å². The molecule has 68 valence electrons. The third-order valence-corrected chi connectivity index (χ3v) is 1.70. The zero-order valence-corrected chi connectivity index (χ0v) is 7.06. The maximum Gasteiger partial charge on any atom is 0.488 e. The Morgan fingerprint density at radius 1 is 1.38 bits per heavy atom. The van der Waals surface area contributed by atoms with Crippen LogP contribution in [0.2, 0.25) is 0 Å². The highest BCUT2D eigenvalue weighted by molar-refractivity contribution is 6.58. The Morgan fingerprint density at radius 2 is 2.00 bits per heavy atom. The summed E-state index contributed by atoms with van der Waals surface area (Å²) in [6.45, 7) is 1.29. The van der Waals surface area contributed by atoms with E-state index in [1.807, 2.05) is 0 Å².